The van der Waals surface area contributed by atoms with E-state index in [1.165, 1.54) is 0 Å². The molecular formula is C15H30IN5OS. The molecule has 0 amide bonds. The first kappa shape index (κ1) is 22.6. The van der Waals surface area contributed by atoms with Gasteiger partial charge in [0.1, 0.15) is 5.01 Å². The number of likely N-dealkylation sites (N-methyl/N-ethyl adjacent to an activating group) is 1. The molecule has 0 fully saturated rings. The average molecular weight is 455 g/mol. The van der Waals surface area contributed by atoms with Crippen LogP contribution in [0.1, 0.15) is 30.5 Å². The second-order valence-corrected chi connectivity index (χ2v) is 6.41. The van der Waals surface area contributed by atoms with E-state index in [9.17, 15) is 0 Å². The highest BCUT2D eigenvalue weighted by Crippen LogP contribution is 2.17. The summed E-state index contributed by atoms with van der Waals surface area (Å²) in [5.74, 6) is 1.28. The molecule has 1 rings (SSSR count). The smallest absolute Gasteiger partial charge is 0.191 e. The average Bonchev–Trinajstić information content (AvgIpc) is 2.97. The second kappa shape index (κ2) is 12.9. The van der Waals surface area contributed by atoms with Crippen molar-refractivity contribution in [2.45, 2.75) is 26.3 Å². The van der Waals surface area contributed by atoms with Gasteiger partial charge in [-0.05, 0) is 13.0 Å². The minimum Gasteiger partial charge on any atom is -0.383 e. The molecule has 0 aromatic carbocycles. The molecule has 134 valence electrons. The molecule has 6 nitrogen and oxygen atoms in total. The fourth-order valence-corrected chi connectivity index (χ4v) is 2.67. The van der Waals surface area contributed by atoms with Gasteiger partial charge in [-0.3, -0.25) is 4.99 Å². The summed E-state index contributed by atoms with van der Waals surface area (Å²) in [6.07, 6.45) is 0. The number of rotatable bonds is 9. The van der Waals surface area contributed by atoms with Gasteiger partial charge in [0.05, 0.1) is 18.8 Å². The number of aromatic nitrogens is 1. The predicted molar refractivity (Wildman–Crippen MR) is 109 cm³/mol. The molecule has 0 atom stereocenters. The number of hydrogen-bond donors (Lipinski definition) is 2. The van der Waals surface area contributed by atoms with Crippen LogP contribution in [0.15, 0.2) is 10.4 Å². The van der Waals surface area contributed by atoms with Crippen LogP contribution in [0.4, 0.5) is 0 Å². The monoisotopic (exact) mass is 455 g/mol. The van der Waals surface area contributed by atoms with Crippen LogP contribution in [0.5, 0.6) is 0 Å². The van der Waals surface area contributed by atoms with Gasteiger partial charge in [0, 0.05) is 39.2 Å². The maximum atomic E-state index is 5.06. The van der Waals surface area contributed by atoms with E-state index < -0.39 is 0 Å². The number of nitrogens with zero attached hydrogens (tertiary/aromatic N) is 3. The molecule has 1 aromatic rings. The normalized spacial score (nSPS) is 11.7. The second-order valence-electron chi connectivity index (χ2n) is 5.47. The van der Waals surface area contributed by atoms with Crippen LogP contribution >= 0.6 is 35.3 Å². The van der Waals surface area contributed by atoms with Gasteiger partial charge >= 0.3 is 0 Å². The maximum Gasteiger partial charge on any atom is 0.191 e. The Balaban J connectivity index is 0.00000484. The first-order valence-corrected chi connectivity index (χ1v) is 8.51. The van der Waals surface area contributed by atoms with Crippen molar-refractivity contribution < 1.29 is 4.74 Å². The Bertz CT molecular complexity index is 453. The van der Waals surface area contributed by atoms with Crippen molar-refractivity contribution in [1.29, 1.82) is 0 Å². The molecule has 1 heterocycles. The van der Waals surface area contributed by atoms with Crippen molar-refractivity contribution in [3.8, 4) is 0 Å². The lowest BCUT2D eigenvalue weighted by atomic mass is 10.2. The first-order chi connectivity index (χ1) is 10.6. The van der Waals surface area contributed by atoms with Crippen LogP contribution in [0.2, 0.25) is 0 Å². The van der Waals surface area contributed by atoms with E-state index >= 15 is 0 Å². The summed E-state index contributed by atoms with van der Waals surface area (Å²) >= 11 is 1.69. The molecule has 0 saturated heterocycles. The Kier molecular flexibility index (Phi) is 12.7. The quantitative estimate of drug-likeness (QED) is 0.340. The highest BCUT2D eigenvalue weighted by atomic mass is 127. The van der Waals surface area contributed by atoms with Crippen LogP contribution in [-0.2, 0) is 11.3 Å². The molecule has 1 aromatic heterocycles. The lowest BCUT2D eigenvalue weighted by molar-refractivity contribution is 0.162. The molecule has 0 radical (unpaired) electrons. The molecular weight excluding hydrogens is 425 g/mol. The van der Waals surface area contributed by atoms with E-state index in [1.54, 1.807) is 25.5 Å². The standard InChI is InChI=1S/C15H29N5OS.HI/c1-12(2)13-11-22-14(19-13)10-18-15(16-3)17-6-7-20(4)8-9-21-5;/h11-12H,6-10H2,1-5H3,(H2,16,17,18);1H. The first-order valence-electron chi connectivity index (χ1n) is 7.63. The van der Waals surface area contributed by atoms with Gasteiger partial charge in [0.15, 0.2) is 5.96 Å². The third-order valence-electron chi connectivity index (χ3n) is 3.25. The van der Waals surface area contributed by atoms with Crippen molar-refractivity contribution in [1.82, 2.24) is 20.5 Å². The number of ether oxygens (including phenoxy) is 1. The Morgan fingerprint density at radius 2 is 2.13 bits per heavy atom. The van der Waals surface area contributed by atoms with Crippen molar-refractivity contribution in [3.63, 3.8) is 0 Å². The largest absolute Gasteiger partial charge is 0.383 e. The summed E-state index contributed by atoms with van der Waals surface area (Å²) < 4.78 is 5.06. The fraction of sp³-hybridized carbons (Fsp3) is 0.733. The van der Waals surface area contributed by atoms with Crippen molar-refractivity contribution in [2.24, 2.45) is 4.99 Å². The van der Waals surface area contributed by atoms with Gasteiger partial charge in [-0.15, -0.1) is 35.3 Å². The van der Waals surface area contributed by atoms with Crippen LogP contribution in [0.25, 0.3) is 0 Å². The van der Waals surface area contributed by atoms with E-state index in [-0.39, 0.29) is 24.0 Å². The van der Waals surface area contributed by atoms with Crippen molar-refractivity contribution >= 4 is 41.3 Å². The van der Waals surface area contributed by atoms with Crippen molar-refractivity contribution in [3.05, 3.63) is 16.1 Å². The van der Waals surface area contributed by atoms with Gasteiger partial charge in [0.25, 0.3) is 0 Å². The zero-order valence-electron chi connectivity index (χ0n) is 14.8. The molecule has 0 bridgehead atoms. The van der Waals surface area contributed by atoms with Gasteiger partial charge in [-0.2, -0.15) is 0 Å². The van der Waals surface area contributed by atoms with Crippen LogP contribution in [0, 0.1) is 0 Å². The maximum absolute atomic E-state index is 5.06. The molecule has 23 heavy (non-hydrogen) atoms. The molecule has 0 saturated carbocycles. The summed E-state index contributed by atoms with van der Waals surface area (Å²) in [7, 11) is 5.59. The van der Waals surface area contributed by atoms with E-state index in [2.05, 4.69) is 51.8 Å². The molecule has 0 aliphatic rings. The summed E-state index contributed by atoms with van der Waals surface area (Å²) in [6, 6.07) is 0. The van der Waals surface area contributed by atoms with Crippen LogP contribution in [-0.4, -0.2) is 63.3 Å². The van der Waals surface area contributed by atoms with E-state index in [1.807, 2.05) is 0 Å². The summed E-state index contributed by atoms with van der Waals surface area (Å²) in [6.45, 7) is 8.50. The third-order valence-corrected chi connectivity index (χ3v) is 4.12. The van der Waals surface area contributed by atoms with E-state index in [4.69, 9.17) is 4.74 Å². The Hall–Kier alpha value is -0.450. The number of thiazole rings is 1. The van der Waals surface area contributed by atoms with Gasteiger partial charge < -0.3 is 20.3 Å². The van der Waals surface area contributed by atoms with Crippen LogP contribution in [0.3, 0.4) is 0 Å². The molecule has 0 aliphatic heterocycles. The third kappa shape index (κ3) is 9.43. The van der Waals surface area contributed by atoms with Gasteiger partial charge in [0.2, 0.25) is 0 Å². The molecule has 2 N–H and O–H groups in total. The molecule has 0 unspecified atom stereocenters. The zero-order valence-corrected chi connectivity index (χ0v) is 17.9. The highest BCUT2D eigenvalue weighted by Gasteiger charge is 2.06. The number of hydrogen-bond acceptors (Lipinski definition) is 5. The lowest BCUT2D eigenvalue weighted by Gasteiger charge is -2.17. The Morgan fingerprint density at radius 3 is 2.70 bits per heavy atom. The minimum absolute atomic E-state index is 0. The van der Waals surface area contributed by atoms with Crippen LogP contribution < -0.4 is 10.6 Å². The minimum atomic E-state index is 0. The number of nitrogens with one attached hydrogen (secondary N) is 2. The lowest BCUT2D eigenvalue weighted by Crippen LogP contribution is -2.41. The summed E-state index contributed by atoms with van der Waals surface area (Å²) in [5.41, 5.74) is 1.16. The molecule has 0 spiro atoms. The zero-order chi connectivity index (χ0) is 16.4. The molecule has 8 heteroatoms. The number of aliphatic imine (C=N–C) groups is 1. The van der Waals surface area contributed by atoms with E-state index in [0.29, 0.717) is 12.5 Å². The fourth-order valence-electron chi connectivity index (χ4n) is 1.78. The van der Waals surface area contributed by atoms with Gasteiger partial charge in [-0.1, -0.05) is 13.8 Å². The van der Waals surface area contributed by atoms with E-state index in [0.717, 1.165) is 42.9 Å². The Labute approximate surface area is 161 Å². The molecule has 0 aliphatic carbocycles. The summed E-state index contributed by atoms with van der Waals surface area (Å²) in [5, 5.41) is 9.82. The SMILES string of the molecule is CN=C(NCCN(C)CCOC)NCc1nc(C(C)C)cs1.I. The highest BCUT2D eigenvalue weighted by molar-refractivity contribution is 14.0. The summed E-state index contributed by atoms with van der Waals surface area (Å²) in [4.78, 5) is 11.1. The Morgan fingerprint density at radius 1 is 1.39 bits per heavy atom. The van der Waals surface area contributed by atoms with Crippen molar-refractivity contribution in [2.75, 3.05) is 47.4 Å². The number of guanidine groups is 1. The van der Waals surface area contributed by atoms with Gasteiger partial charge in [-0.25, -0.2) is 4.98 Å². The number of methoxy groups -OCH3 is 1. The predicted octanol–water partition coefficient (Wildman–Crippen LogP) is 2.13. The number of halogens is 1. The topological polar surface area (TPSA) is 61.8 Å².